The first kappa shape index (κ1) is 14.6. The van der Waals surface area contributed by atoms with Crippen LogP contribution >= 0.6 is 43.2 Å². The molecule has 0 unspecified atom stereocenters. The summed E-state index contributed by atoms with van der Waals surface area (Å²) in [5.74, 6) is 0. The predicted molar refractivity (Wildman–Crippen MR) is 74.8 cm³/mol. The van der Waals surface area contributed by atoms with Crippen molar-refractivity contribution in [3.63, 3.8) is 0 Å². The van der Waals surface area contributed by atoms with Gasteiger partial charge in [0.25, 0.3) is 10.0 Å². The molecule has 92 valence electrons. The molecule has 1 aromatic rings. The Kier molecular flexibility index (Phi) is 5.44. The zero-order valence-corrected chi connectivity index (χ0v) is 13.8. The number of sulfonamides is 1. The van der Waals surface area contributed by atoms with Crippen molar-refractivity contribution >= 4 is 53.2 Å². The summed E-state index contributed by atoms with van der Waals surface area (Å²) < 4.78 is 27.2. The maximum absolute atomic E-state index is 12.3. The van der Waals surface area contributed by atoms with Crippen molar-refractivity contribution < 1.29 is 8.42 Å². The van der Waals surface area contributed by atoms with Gasteiger partial charge in [0, 0.05) is 22.4 Å². The zero-order chi connectivity index (χ0) is 12.3. The zero-order valence-electron chi connectivity index (χ0n) is 8.98. The highest BCUT2D eigenvalue weighted by Gasteiger charge is 2.29. The van der Waals surface area contributed by atoms with Gasteiger partial charge in [-0.05, 0) is 41.2 Å². The molecule has 3 nitrogen and oxygen atoms in total. The largest absolute Gasteiger partial charge is 0.253 e. The Labute approximate surface area is 117 Å². The van der Waals surface area contributed by atoms with Crippen LogP contribution in [-0.4, -0.2) is 30.6 Å². The van der Waals surface area contributed by atoms with Gasteiger partial charge in [0.05, 0.1) is 0 Å². The number of hydrogen-bond acceptors (Lipinski definition) is 3. The van der Waals surface area contributed by atoms with Crippen molar-refractivity contribution in [2.75, 3.05) is 11.9 Å². The summed E-state index contributed by atoms with van der Waals surface area (Å²) in [5.41, 5.74) is 0. The van der Waals surface area contributed by atoms with E-state index in [-0.39, 0.29) is 6.04 Å². The van der Waals surface area contributed by atoms with Crippen LogP contribution in [0.2, 0.25) is 0 Å². The molecule has 0 saturated heterocycles. The fourth-order valence-electron chi connectivity index (χ4n) is 1.31. The number of alkyl halides is 1. The van der Waals surface area contributed by atoms with Gasteiger partial charge in [-0.1, -0.05) is 15.9 Å². The summed E-state index contributed by atoms with van der Waals surface area (Å²) >= 11 is 7.78. The van der Waals surface area contributed by atoms with Crippen LogP contribution in [0.3, 0.4) is 0 Å². The molecular weight excluding hydrogens is 378 g/mol. The lowest BCUT2D eigenvalue weighted by Crippen LogP contribution is -2.38. The second-order valence-electron chi connectivity index (χ2n) is 3.45. The van der Waals surface area contributed by atoms with Gasteiger partial charge in [-0.15, -0.1) is 11.3 Å². The van der Waals surface area contributed by atoms with Crippen molar-refractivity contribution in [2.24, 2.45) is 0 Å². The van der Waals surface area contributed by atoms with Gasteiger partial charge in [-0.2, -0.15) is 4.31 Å². The second-order valence-corrected chi connectivity index (χ2v) is 8.10. The van der Waals surface area contributed by atoms with Gasteiger partial charge < -0.3 is 0 Å². The van der Waals surface area contributed by atoms with Crippen LogP contribution in [0, 0.1) is 0 Å². The first-order chi connectivity index (χ1) is 7.41. The van der Waals surface area contributed by atoms with Crippen LogP contribution in [0.15, 0.2) is 20.1 Å². The Bertz CT molecular complexity index is 442. The molecule has 0 spiro atoms. The summed E-state index contributed by atoms with van der Waals surface area (Å²) in [6.45, 7) is 4.23. The third-order valence-electron chi connectivity index (χ3n) is 2.01. The van der Waals surface area contributed by atoms with Gasteiger partial charge in [-0.3, -0.25) is 0 Å². The van der Waals surface area contributed by atoms with Gasteiger partial charge >= 0.3 is 0 Å². The van der Waals surface area contributed by atoms with E-state index in [0.29, 0.717) is 20.6 Å². The number of thiophene rings is 1. The minimum atomic E-state index is -3.37. The molecular formula is C9H13Br2NO2S2. The molecule has 0 aromatic carbocycles. The first-order valence-electron chi connectivity index (χ1n) is 4.72. The highest BCUT2D eigenvalue weighted by molar-refractivity contribution is 9.10. The highest BCUT2D eigenvalue weighted by atomic mass is 79.9. The molecule has 0 aliphatic rings. The fourth-order valence-corrected chi connectivity index (χ4v) is 5.99. The molecule has 7 heteroatoms. The van der Waals surface area contributed by atoms with Gasteiger partial charge in [0.1, 0.15) is 4.21 Å². The van der Waals surface area contributed by atoms with E-state index in [0.717, 1.165) is 0 Å². The van der Waals surface area contributed by atoms with Crippen molar-refractivity contribution in [3.05, 3.63) is 15.9 Å². The van der Waals surface area contributed by atoms with Crippen molar-refractivity contribution in [2.45, 2.75) is 24.1 Å². The molecule has 16 heavy (non-hydrogen) atoms. The molecule has 0 aliphatic heterocycles. The summed E-state index contributed by atoms with van der Waals surface area (Å²) in [5, 5.41) is 2.40. The second kappa shape index (κ2) is 5.95. The Hall–Kier alpha value is 0.570. The maximum atomic E-state index is 12.3. The quantitative estimate of drug-likeness (QED) is 0.723. The Morgan fingerprint density at radius 3 is 2.50 bits per heavy atom. The molecule has 1 rings (SSSR count). The number of nitrogens with zero attached hydrogens (tertiary/aromatic N) is 1. The average Bonchev–Trinajstić information content (AvgIpc) is 2.60. The van der Waals surface area contributed by atoms with Crippen molar-refractivity contribution in [1.82, 2.24) is 4.31 Å². The minimum Gasteiger partial charge on any atom is -0.206 e. The van der Waals surface area contributed by atoms with Crippen LogP contribution in [0.1, 0.15) is 13.8 Å². The molecule has 0 fully saturated rings. The van der Waals surface area contributed by atoms with E-state index in [1.807, 2.05) is 13.8 Å². The first-order valence-corrected chi connectivity index (χ1v) is 8.95. The molecule has 0 bridgehead atoms. The number of halogens is 2. The van der Waals surface area contributed by atoms with E-state index >= 15 is 0 Å². The molecule has 0 radical (unpaired) electrons. The normalized spacial score (nSPS) is 12.6. The third kappa shape index (κ3) is 3.07. The highest BCUT2D eigenvalue weighted by Crippen LogP contribution is 2.31. The summed E-state index contributed by atoms with van der Waals surface area (Å²) in [4.78, 5) is 0. The third-order valence-corrected chi connectivity index (χ3v) is 7.09. The van der Waals surface area contributed by atoms with Crippen molar-refractivity contribution in [3.8, 4) is 0 Å². The predicted octanol–water partition coefficient (Wildman–Crippen LogP) is 3.30. The lowest BCUT2D eigenvalue weighted by atomic mass is 10.4. The summed E-state index contributed by atoms with van der Waals surface area (Å²) in [6.07, 6.45) is 0. The van der Waals surface area contributed by atoms with Crippen LogP contribution in [-0.2, 0) is 10.0 Å². The standard InChI is InChI=1S/C9H13Br2NO2S2/c1-7(2)12(5-4-10)16(13,14)9-8(11)3-6-15-9/h3,6-7H,4-5H2,1-2H3. The molecule has 1 heterocycles. The fraction of sp³-hybridized carbons (Fsp3) is 0.556. The van der Waals surface area contributed by atoms with Crippen LogP contribution in [0.4, 0.5) is 0 Å². The van der Waals surface area contributed by atoms with E-state index in [9.17, 15) is 8.42 Å². The van der Waals surface area contributed by atoms with Crippen LogP contribution in [0.25, 0.3) is 0 Å². The SMILES string of the molecule is CC(C)N(CCBr)S(=O)(=O)c1sccc1Br. The van der Waals surface area contributed by atoms with E-state index in [2.05, 4.69) is 31.9 Å². The van der Waals surface area contributed by atoms with E-state index in [1.54, 1.807) is 11.4 Å². The van der Waals surface area contributed by atoms with Crippen LogP contribution in [0.5, 0.6) is 0 Å². The molecule has 0 saturated carbocycles. The smallest absolute Gasteiger partial charge is 0.206 e. The van der Waals surface area contributed by atoms with E-state index in [4.69, 9.17) is 0 Å². The van der Waals surface area contributed by atoms with Gasteiger partial charge in [-0.25, -0.2) is 8.42 Å². The molecule has 0 amide bonds. The molecule has 0 atom stereocenters. The average molecular weight is 391 g/mol. The summed E-state index contributed by atoms with van der Waals surface area (Å²) in [6, 6.07) is 1.71. The monoisotopic (exact) mass is 389 g/mol. The lowest BCUT2D eigenvalue weighted by Gasteiger charge is -2.24. The Morgan fingerprint density at radius 2 is 2.12 bits per heavy atom. The van der Waals surface area contributed by atoms with E-state index < -0.39 is 10.0 Å². The van der Waals surface area contributed by atoms with Gasteiger partial charge in [0.15, 0.2) is 0 Å². The lowest BCUT2D eigenvalue weighted by molar-refractivity contribution is 0.373. The molecule has 1 aromatic heterocycles. The molecule has 0 aliphatic carbocycles. The van der Waals surface area contributed by atoms with Gasteiger partial charge in [0.2, 0.25) is 0 Å². The van der Waals surface area contributed by atoms with Crippen LogP contribution < -0.4 is 0 Å². The minimum absolute atomic E-state index is 0.0449. The summed E-state index contributed by atoms with van der Waals surface area (Å²) in [7, 11) is -3.37. The Morgan fingerprint density at radius 1 is 1.50 bits per heavy atom. The Balaban J connectivity index is 3.14. The van der Waals surface area contributed by atoms with E-state index in [1.165, 1.54) is 15.6 Å². The number of hydrogen-bond donors (Lipinski definition) is 0. The number of rotatable bonds is 5. The van der Waals surface area contributed by atoms with Crippen molar-refractivity contribution in [1.29, 1.82) is 0 Å². The maximum Gasteiger partial charge on any atom is 0.253 e. The molecule has 0 N–H and O–H groups in total. The topological polar surface area (TPSA) is 37.4 Å².